The summed E-state index contributed by atoms with van der Waals surface area (Å²) in [4.78, 5) is 0. The molecule has 0 bridgehead atoms. The molecular weight excluding hydrogens is 192 g/mol. The Morgan fingerprint density at radius 1 is 1.14 bits per heavy atom. The Morgan fingerprint density at radius 2 is 1.71 bits per heavy atom. The van der Waals surface area contributed by atoms with Crippen molar-refractivity contribution in [3.05, 3.63) is 29.8 Å². The molecule has 0 aromatic heterocycles. The van der Waals surface area contributed by atoms with Crippen LogP contribution in [0.3, 0.4) is 0 Å². The summed E-state index contributed by atoms with van der Waals surface area (Å²) in [6.45, 7) is 5.34. The molecule has 0 aliphatic rings. The third-order valence-electron chi connectivity index (χ3n) is 2.08. The Bertz CT molecular complexity index is 270. The SMILES string of the molecule is CCOC(OCC)c1ccccc1[SiH3]. The highest BCUT2D eigenvalue weighted by Gasteiger charge is 2.12. The second kappa shape index (κ2) is 5.96. The summed E-state index contributed by atoms with van der Waals surface area (Å²) in [6, 6.07) is 8.30. The lowest BCUT2D eigenvalue weighted by Gasteiger charge is -2.18. The molecule has 0 atom stereocenters. The van der Waals surface area contributed by atoms with E-state index in [1.54, 1.807) is 0 Å². The molecule has 0 spiro atoms. The number of hydrogen-bond donors (Lipinski definition) is 0. The molecule has 1 aromatic rings. The topological polar surface area (TPSA) is 18.5 Å². The smallest absolute Gasteiger partial charge is 0.183 e. The average Bonchev–Trinajstić information content (AvgIpc) is 2.18. The fourth-order valence-corrected chi connectivity index (χ4v) is 1.98. The first-order valence-corrected chi connectivity index (χ1v) is 6.08. The summed E-state index contributed by atoms with van der Waals surface area (Å²) < 4.78 is 11.1. The van der Waals surface area contributed by atoms with Gasteiger partial charge in [-0.05, 0) is 13.8 Å². The number of benzene rings is 1. The molecule has 3 heteroatoms. The van der Waals surface area contributed by atoms with E-state index in [1.807, 2.05) is 19.9 Å². The Balaban J connectivity index is 2.81. The highest BCUT2D eigenvalue weighted by molar-refractivity contribution is 6.33. The Morgan fingerprint density at radius 3 is 2.21 bits per heavy atom. The summed E-state index contributed by atoms with van der Waals surface area (Å²) in [5, 5.41) is 1.35. The van der Waals surface area contributed by atoms with Gasteiger partial charge in [0.25, 0.3) is 0 Å². The number of ether oxygens (including phenoxy) is 2. The summed E-state index contributed by atoms with van der Waals surface area (Å²) in [5.74, 6) is 0. The molecule has 14 heavy (non-hydrogen) atoms. The third-order valence-corrected chi connectivity index (χ3v) is 2.99. The molecule has 0 N–H and O–H groups in total. The Labute approximate surface area is 88.7 Å². The van der Waals surface area contributed by atoms with Gasteiger partial charge in [0, 0.05) is 29.0 Å². The molecule has 0 aliphatic heterocycles. The van der Waals surface area contributed by atoms with E-state index in [-0.39, 0.29) is 6.29 Å². The van der Waals surface area contributed by atoms with Gasteiger partial charge in [0.05, 0.1) is 0 Å². The molecule has 0 fully saturated rings. The minimum absolute atomic E-state index is 0.182. The van der Waals surface area contributed by atoms with Crippen LogP contribution in [0.4, 0.5) is 0 Å². The van der Waals surface area contributed by atoms with Crippen LogP contribution >= 0.6 is 0 Å². The van der Waals surface area contributed by atoms with Gasteiger partial charge in [-0.15, -0.1) is 0 Å². The van der Waals surface area contributed by atoms with Crippen molar-refractivity contribution in [2.45, 2.75) is 20.1 Å². The maximum atomic E-state index is 5.55. The van der Waals surface area contributed by atoms with Crippen LogP contribution in [-0.4, -0.2) is 23.5 Å². The standard InChI is InChI=1S/C11H18O2Si/c1-3-12-11(13-4-2)9-7-5-6-8-10(9)14/h5-8,11H,3-4H2,1-2,14H3. The summed E-state index contributed by atoms with van der Waals surface area (Å²) in [5.41, 5.74) is 1.18. The lowest BCUT2D eigenvalue weighted by molar-refractivity contribution is -0.139. The molecule has 1 aromatic carbocycles. The molecular formula is C11H18O2Si. The molecule has 1 rings (SSSR count). The van der Waals surface area contributed by atoms with Crippen LogP contribution in [0.1, 0.15) is 25.7 Å². The molecule has 78 valence electrons. The Kier molecular flexibility index (Phi) is 4.86. The quantitative estimate of drug-likeness (QED) is 0.527. The van der Waals surface area contributed by atoms with Crippen molar-refractivity contribution >= 4 is 15.4 Å². The zero-order valence-electron chi connectivity index (χ0n) is 9.12. The van der Waals surface area contributed by atoms with Crippen LogP contribution in [0.5, 0.6) is 0 Å². The van der Waals surface area contributed by atoms with Crippen LogP contribution in [0, 0.1) is 0 Å². The van der Waals surface area contributed by atoms with Crippen molar-refractivity contribution in [1.82, 2.24) is 0 Å². The zero-order valence-corrected chi connectivity index (χ0v) is 11.1. The fraction of sp³-hybridized carbons (Fsp3) is 0.455. The van der Waals surface area contributed by atoms with Gasteiger partial charge >= 0.3 is 0 Å². The van der Waals surface area contributed by atoms with E-state index in [0.717, 1.165) is 10.2 Å². The maximum absolute atomic E-state index is 5.55. The predicted octanol–water partition coefficient (Wildman–Crippen LogP) is 0.749. The average molecular weight is 210 g/mol. The predicted molar refractivity (Wildman–Crippen MR) is 62.0 cm³/mol. The van der Waals surface area contributed by atoms with E-state index in [2.05, 4.69) is 18.2 Å². The first-order chi connectivity index (χ1) is 6.79. The van der Waals surface area contributed by atoms with Gasteiger partial charge in [0.15, 0.2) is 6.29 Å². The van der Waals surface area contributed by atoms with E-state index in [4.69, 9.17) is 9.47 Å². The molecule has 2 nitrogen and oxygen atoms in total. The highest BCUT2D eigenvalue weighted by Crippen LogP contribution is 2.16. The minimum Gasteiger partial charge on any atom is -0.349 e. The van der Waals surface area contributed by atoms with Gasteiger partial charge < -0.3 is 9.47 Å². The first kappa shape index (κ1) is 11.4. The van der Waals surface area contributed by atoms with E-state index in [9.17, 15) is 0 Å². The molecule has 0 radical (unpaired) electrons. The van der Waals surface area contributed by atoms with Crippen molar-refractivity contribution in [2.75, 3.05) is 13.2 Å². The van der Waals surface area contributed by atoms with Gasteiger partial charge in [-0.3, -0.25) is 0 Å². The van der Waals surface area contributed by atoms with E-state index >= 15 is 0 Å². The van der Waals surface area contributed by atoms with Crippen LogP contribution in [0.15, 0.2) is 24.3 Å². The van der Waals surface area contributed by atoms with Gasteiger partial charge in [-0.1, -0.05) is 29.5 Å². The Hall–Kier alpha value is -0.643. The molecule has 0 saturated heterocycles. The fourth-order valence-electron chi connectivity index (χ4n) is 1.38. The summed E-state index contributed by atoms with van der Waals surface area (Å²) in [7, 11) is 1.03. The number of rotatable bonds is 5. The highest BCUT2D eigenvalue weighted by atomic mass is 28.1. The van der Waals surface area contributed by atoms with Crippen molar-refractivity contribution < 1.29 is 9.47 Å². The third kappa shape index (κ3) is 2.94. The van der Waals surface area contributed by atoms with Crippen LogP contribution in [0.2, 0.25) is 0 Å². The lowest BCUT2D eigenvalue weighted by atomic mass is 10.2. The number of hydrogen-bond acceptors (Lipinski definition) is 2. The van der Waals surface area contributed by atoms with Crippen LogP contribution < -0.4 is 5.19 Å². The van der Waals surface area contributed by atoms with Gasteiger partial charge in [-0.2, -0.15) is 0 Å². The molecule has 0 amide bonds. The summed E-state index contributed by atoms with van der Waals surface area (Å²) >= 11 is 0. The van der Waals surface area contributed by atoms with Crippen molar-refractivity contribution in [3.8, 4) is 0 Å². The zero-order chi connectivity index (χ0) is 10.4. The van der Waals surface area contributed by atoms with E-state index in [0.29, 0.717) is 13.2 Å². The van der Waals surface area contributed by atoms with Crippen LogP contribution in [-0.2, 0) is 9.47 Å². The maximum Gasteiger partial charge on any atom is 0.183 e. The van der Waals surface area contributed by atoms with Gasteiger partial charge in [-0.25, -0.2) is 0 Å². The summed E-state index contributed by atoms with van der Waals surface area (Å²) in [6.07, 6.45) is -0.182. The first-order valence-electron chi connectivity index (χ1n) is 5.08. The van der Waals surface area contributed by atoms with Gasteiger partial charge in [0.1, 0.15) is 0 Å². The minimum atomic E-state index is -0.182. The van der Waals surface area contributed by atoms with Gasteiger partial charge in [0.2, 0.25) is 0 Å². The van der Waals surface area contributed by atoms with Crippen molar-refractivity contribution in [2.24, 2.45) is 0 Å². The molecule has 0 unspecified atom stereocenters. The van der Waals surface area contributed by atoms with E-state index < -0.39 is 0 Å². The van der Waals surface area contributed by atoms with Crippen molar-refractivity contribution in [3.63, 3.8) is 0 Å². The second-order valence-corrected chi connectivity index (χ2v) is 4.18. The lowest BCUT2D eigenvalue weighted by Crippen LogP contribution is -2.18. The normalized spacial score (nSPS) is 11.1. The van der Waals surface area contributed by atoms with Crippen molar-refractivity contribution in [1.29, 1.82) is 0 Å². The second-order valence-electron chi connectivity index (χ2n) is 3.10. The molecule has 0 aliphatic carbocycles. The monoisotopic (exact) mass is 210 g/mol. The largest absolute Gasteiger partial charge is 0.349 e. The molecule has 0 heterocycles. The van der Waals surface area contributed by atoms with Crippen LogP contribution in [0.25, 0.3) is 0 Å². The molecule has 0 saturated carbocycles. The van der Waals surface area contributed by atoms with E-state index in [1.165, 1.54) is 10.8 Å².